The molecule has 32 heavy (non-hydrogen) atoms. The molecule has 1 fully saturated rings. The molecular weight excluding hydrogens is 454 g/mol. The van der Waals surface area contributed by atoms with Crippen LogP contribution in [0, 0.1) is 0 Å². The molecule has 1 aliphatic rings. The van der Waals surface area contributed by atoms with Gasteiger partial charge in [0.2, 0.25) is 0 Å². The molecule has 0 radical (unpaired) electrons. The van der Waals surface area contributed by atoms with E-state index in [1.165, 1.54) is 11.3 Å². The Bertz CT molecular complexity index is 1090. The SMILES string of the molecule is CCOc1nc2cc(Cl)sc2nc1NC(=O)N1CCN(c2cc(OC)cc(OC)c2)CC1. The van der Waals surface area contributed by atoms with Crippen LogP contribution in [0.1, 0.15) is 6.92 Å². The lowest BCUT2D eigenvalue weighted by Gasteiger charge is -2.36. The summed E-state index contributed by atoms with van der Waals surface area (Å²) in [7, 11) is 3.25. The first-order valence-corrected chi connectivity index (χ1v) is 11.3. The van der Waals surface area contributed by atoms with Crippen molar-refractivity contribution in [2.24, 2.45) is 0 Å². The Balaban J connectivity index is 1.44. The predicted molar refractivity (Wildman–Crippen MR) is 126 cm³/mol. The van der Waals surface area contributed by atoms with Gasteiger partial charge in [-0.15, -0.1) is 11.3 Å². The zero-order valence-electron chi connectivity index (χ0n) is 18.1. The van der Waals surface area contributed by atoms with Crippen molar-refractivity contribution in [2.45, 2.75) is 6.92 Å². The van der Waals surface area contributed by atoms with Crippen LogP contribution in [0.3, 0.4) is 0 Å². The largest absolute Gasteiger partial charge is 0.497 e. The zero-order chi connectivity index (χ0) is 22.7. The third-order valence-corrected chi connectivity index (χ3v) is 6.22. The summed E-state index contributed by atoms with van der Waals surface area (Å²) >= 11 is 7.38. The monoisotopic (exact) mass is 477 g/mol. The topological polar surface area (TPSA) is 89.1 Å². The second-order valence-corrected chi connectivity index (χ2v) is 8.69. The number of benzene rings is 1. The van der Waals surface area contributed by atoms with Crippen molar-refractivity contribution < 1.29 is 19.0 Å². The van der Waals surface area contributed by atoms with Gasteiger partial charge in [-0.2, -0.15) is 0 Å². The molecule has 9 nitrogen and oxygen atoms in total. The van der Waals surface area contributed by atoms with Gasteiger partial charge in [0.15, 0.2) is 5.82 Å². The maximum absolute atomic E-state index is 12.9. The van der Waals surface area contributed by atoms with E-state index >= 15 is 0 Å². The molecule has 1 aromatic carbocycles. The fourth-order valence-corrected chi connectivity index (χ4v) is 4.48. The number of ether oxygens (including phenoxy) is 3. The van der Waals surface area contributed by atoms with E-state index < -0.39 is 0 Å². The molecule has 1 saturated heterocycles. The summed E-state index contributed by atoms with van der Waals surface area (Å²) < 4.78 is 16.9. The van der Waals surface area contributed by atoms with E-state index in [4.69, 9.17) is 25.8 Å². The standard InChI is InChI=1S/C21H24ClN5O4S/c1-4-31-19-18(24-20-16(23-19)12-17(22)32-20)25-21(28)27-7-5-26(6-8-27)13-9-14(29-2)11-15(10-13)30-3/h9-12H,4-8H2,1-3H3,(H,24,25,28). The van der Waals surface area contributed by atoms with Crippen LogP contribution in [-0.2, 0) is 0 Å². The molecule has 0 unspecified atom stereocenters. The molecule has 0 bridgehead atoms. The minimum Gasteiger partial charge on any atom is -0.497 e. The van der Waals surface area contributed by atoms with Gasteiger partial charge in [-0.25, -0.2) is 14.8 Å². The summed E-state index contributed by atoms with van der Waals surface area (Å²) in [4.78, 5) is 26.4. The first-order chi connectivity index (χ1) is 15.5. The number of urea groups is 1. The van der Waals surface area contributed by atoms with Gasteiger partial charge in [0.25, 0.3) is 5.88 Å². The molecule has 4 rings (SSSR count). The van der Waals surface area contributed by atoms with Crippen LogP contribution < -0.4 is 24.4 Å². The number of aromatic nitrogens is 2. The number of halogens is 1. The summed E-state index contributed by atoms with van der Waals surface area (Å²) in [6, 6.07) is 7.25. The number of thiophene rings is 1. The van der Waals surface area contributed by atoms with Crippen LogP contribution in [-0.4, -0.2) is 67.9 Å². The second-order valence-electron chi connectivity index (χ2n) is 7.03. The van der Waals surface area contributed by atoms with Crippen LogP contribution in [0.25, 0.3) is 10.3 Å². The molecule has 1 N–H and O–H groups in total. The lowest BCUT2D eigenvalue weighted by atomic mass is 10.2. The normalized spacial score (nSPS) is 13.9. The van der Waals surface area contributed by atoms with Crippen LogP contribution in [0.2, 0.25) is 4.34 Å². The Morgan fingerprint density at radius 1 is 1.09 bits per heavy atom. The van der Waals surface area contributed by atoms with E-state index in [2.05, 4.69) is 20.2 Å². The first-order valence-electron chi connectivity index (χ1n) is 10.1. The van der Waals surface area contributed by atoms with Crippen molar-refractivity contribution in [2.75, 3.05) is 57.2 Å². The molecule has 0 spiro atoms. The number of hydrogen-bond donors (Lipinski definition) is 1. The molecule has 3 aromatic rings. The number of piperazine rings is 1. The summed E-state index contributed by atoms with van der Waals surface area (Å²) in [5.74, 6) is 2.03. The molecule has 2 amide bonds. The number of amides is 2. The van der Waals surface area contributed by atoms with E-state index in [1.54, 1.807) is 25.2 Å². The van der Waals surface area contributed by atoms with Crippen molar-refractivity contribution in [3.63, 3.8) is 0 Å². The van der Waals surface area contributed by atoms with Gasteiger partial charge in [0.1, 0.15) is 21.8 Å². The highest BCUT2D eigenvalue weighted by atomic mass is 35.5. The highest BCUT2D eigenvalue weighted by Gasteiger charge is 2.24. The number of carbonyl (C=O) groups excluding carboxylic acids is 1. The van der Waals surface area contributed by atoms with E-state index in [1.807, 2.05) is 25.1 Å². The highest BCUT2D eigenvalue weighted by molar-refractivity contribution is 7.22. The number of nitrogens with one attached hydrogen (secondary N) is 1. The van der Waals surface area contributed by atoms with Crippen LogP contribution in [0.5, 0.6) is 17.4 Å². The van der Waals surface area contributed by atoms with E-state index in [9.17, 15) is 4.79 Å². The Kier molecular flexibility index (Phi) is 6.71. The summed E-state index contributed by atoms with van der Waals surface area (Å²) in [6.45, 7) is 4.71. The Labute approximate surface area is 194 Å². The average Bonchev–Trinajstić information content (AvgIpc) is 3.17. The number of hydrogen-bond acceptors (Lipinski definition) is 8. The van der Waals surface area contributed by atoms with Crippen molar-refractivity contribution >= 4 is 50.8 Å². The molecule has 11 heteroatoms. The smallest absolute Gasteiger partial charge is 0.323 e. The van der Waals surface area contributed by atoms with E-state index in [0.29, 0.717) is 53.3 Å². The van der Waals surface area contributed by atoms with E-state index in [0.717, 1.165) is 17.2 Å². The number of anilines is 2. The Morgan fingerprint density at radius 2 is 1.78 bits per heavy atom. The van der Waals surface area contributed by atoms with Crippen LogP contribution >= 0.6 is 22.9 Å². The van der Waals surface area contributed by atoms with Crippen molar-refractivity contribution in [1.82, 2.24) is 14.9 Å². The number of carbonyl (C=O) groups is 1. The molecule has 0 saturated carbocycles. The van der Waals surface area contributed by atoms with Gasteiger partial charge in [-0.3, -0.25) is 5.32 Å². The number of rotatable bonds is 6. The predicted octanol–water partition coefficient (Wildman–Crippen LogP) is 4.11. The minimum atomic E-state index is -0.245. The fourth-order valence-electron chi connectivity index (χ4n) is 3.46. The Morgan fingerprint density at radius 3 is 2.41 bits per heavy atom. The summed E-state index contributed by atoms with van der Waals surface area (Å²) in [5, 5.41) is 2.85. The molecule has 2 aromatic heterocycles. The third kappa shape index (κ3) is 4.76. The highest BCUT2D eigenvalue weighted by Crippen LogP contribution is 2.32. The van der Waals surface area contributed by atoms with Gasteiger partial charge >= 0.3 is 6.03 Å². The van der Waals surface area contributed by atoms with Crippen LogP contribution in [0.15, 0.2) is 24.3 Å². The average molecular weight is 478 g/mol. The zero-order valence-corrected chi connectivity index (χ0v) is 19.6. The lowest BCUT2D eigenvalue weighted by molar-refractivity contribution is 0.208. The van der Waals surface area contributed by atoms with Gasteiger partial charge in [0, 0.05) is 50.1 Å². The maximum Gasteiger partial charge on any atom is 0.323 e. The molecule has 3 heterocycles. The van der Waals surface area contributed by atoms with E-state index in [-0.39, 0.29) is 11.9 Å². The van der Waals surface area contributed by atoms with Crippen molar-refractivity contribution in [1.29, 1.82) is 0 Å². The first kappa shape index (κ1) is 22.2. The van der Waals surface area contributed by atoms with Crippen LogP contribution in [0.4, 0.5) is 16.3 Å². The molecule has 170 valence electrons. The minimum absolute atomic E-state index is 0.245. The number of nitrogens with zero attached hydrogens (tertiary/aromatic N) is 4. The molecular formula is C21H24ClN5O4S. The maximum atomic E-state index is 12.9. The Hall–Kier alpha value is -2.98. The quantitative estimate of drug-likeness (QED) is 0.571. The van der Waals surface area contributed by atoms with Gasteiger partial charge in [-0.1, -0.05) is 11.6 Å². The molecule has 0 atom stereocenters. The number of methoxy groups -OCH3 is 2. The lowest BCUT2D eigenvalue weighted by Crippen LogP contribution is -2.50. The third-order valence-electron chi connectivity index (χ3n) is 5.08. The second kappa shape index (κ2) is 9.66. The molecule has 1 aliphatic heterocycles. The van der Waals surface area contributed by atoms with Crippen molar-refractivity contribution in [3.8, 4) is 17.4 Å². The fraction of sp³-hybridized carbons (Fsp3) is 0.381. The van der Waals surface area contributed by atoms with Crippen molar-refractivity contribution in [3.05, 3.63) is 28.6 Å². The summed E-state index contributed by atoms with van der Waals surface area (Å²) in [5.41, 5.74) is 1.63. The van der Waals surface area contributed by atoms with Gasteiger partial charge < -0.3 is 24.0 Å². The van der Waals surface area contributed by atoms with Gasteiger partial charge in [-0.05, 0) is 13.0 Å². The van der Waals surface area contributed by atoms with Gasteiger partial charge in [0.05, 0.1) is 25.2 Å². The molecule has 0 aliphatic carbocycles. The number of fused-ring (bicyclic) bond motifs is 1. The summed E-state index contributed by atoms with van der Waals surface area (Å²) in [6.07, 6.45) is 0.